The van der Waals surface area contributed by atoms with E-state index in [1.807, 2.05) is 0 Å². The lowest BCUT2D eigenvalue weighted by Crippen LogP contribution is -2.49. The fourth-order valence-electron chi connectivity index (χ4n) is 3.54. The molecule has 1 saturated heterocycles. The molecule has 2 aromatic rings. The second-order valence-electron chi connectivity index (χ2n) is 7.49. The molecule has 5 N–H and O–H groups in total. The first kappa shape index (κ1) is 20.7. The van der Waals surface area contributed by atoms with Crippen molar-refractivity contribution in [2.75, 3.05) is 23.7 Å². The maximum Gasteiger partial charge on any atom is 0.260 e. The molecule has 144 valence electrons. The van der Waals surface area contributed by atoms with Crippen LogP contribution < -0.4 is 16.4 Å². The zero-order valence-electron chi connectivity index (χ0n) is 15.4. The Morgan fingerprint density at radius 3 is 2.77 bits per heavy atom. The number of aliphatic hydroxyl groups excluding tert-OH is 1. The number of aliphatic hydroxyl groups is 1. The number of rotatable bonds is 4. The van der Waals surface area contributed by atoms with E-state index in [1.54, 1.807) is 0 Å². The van der Waals surface area contributed by atoms with Gasteiger partial charge in [-0.1, -0.05) is 27.2 Å². The Morgan fingerprint density at radius 2 is 2.19 bits per heavy atom. The minimum Gasteiger partial charge on any atom is -0.397 e. The number of primary amides is 1. The summed E-state index contributed by atoms with van der Waals surface area (Å²) in [6.07, 6.45) is 2.26. The molecule has 1 atom stereocenters. The molecule has 1 amide bonds. The molecule has 0 radical (unpaired) electrons. The normalized spacial score (nSPS) is 19.4. The van der Waals surface area contributed by atoms with Crippen LogP contribution in [0.2, 0.25) is 0 Å². The molecule has 3 heterocycles. The van der Waals surface area contributed by atoms with E-state index in [4.69, 9.17) is 16.5 Å². The van der Waals surface area contributed by atoms with E-state index in [-0.39, 0.29) is 23.9 Å². The molecule has 0 bridgehead atoms. The van der Waals surface area contributed by atoms with Gasteiger partial charge in [-0.3, -0.25) is 4.79 Å². The number of piperidine rings is 1. The number of nitrogen functional groups attached to an aromatic ring is 1. The highest BCUT2D eigenvalue weighted by Gasteiger charge is 2.35. The SMILES string of the molecule is CCCc1cc(N2CCC(O)C(C)(C)C2)nc2sc(C(N)=O)c(N)c12.Cl. The number of thiophene rings is 1. The van der Waals surface area contributed by atoms with E-state index >= 15 is 0 Å². The van der Waals surface area contributed by atoms with Gasteiger partial charge >= 0.3 is 0 Å². The van der Waals surface area contributed by atoms with E-state index in [0.29, 0.717) is 10.6 Å². The molecule has 8 heteroatoms. The zero-order chi connectivity index (χ0) is 18.4. The molecular weight excluding hydrogens is 372 g/mol. The Hall–Kier alpha value is -1.57. The van der Waals surface area contributed by atoms with Crippen LogP contribution in [0.5, 0.6) is 0 Å². The van der Waals surface area contributed by atoms with Gasteiger partial charge in [0.1, 0.15) is 15.5 Å². The number of nitrogens with two attached hydrogens (primary N) is 2. The Balaban J connectivity index is 0.00000243. The van der Waals surface area contributed by atoms with Gasteiger partial charge in [0, 0.05) is 23.9 Å². The van der Waals surface area contributed by atoms with Crippen LogP contribution in [0.15, 0.2) is 6.07 Å². The predicted molar refractivity (Wildman–Crippen MR) is 110 cm³/mol. The Labute approximate surface area is 164 Å². The van der Waals surface area contributed by atoms with Crippen LogP contribution in [-0.2, 0) is 6.42 Å². The van der Waals surface area contributed by atoms with Crippen molar-refractivity contribution in [1.82, 2.24) is 4.98 Å². The number of halogens is 1. The summed E-state index contributed by atoms with van der Waals surface area (Å²) in [5, 5.41) is 11.1. The Morgan fingerprint density at radius 1 is 1.50 bits per heavy atom. The van der Waals surface area contributed by atoms with Crippen molar-refractivity contribution in [1.29, 1.82) is 0 Å². The smallest absolute Gasteiger partial charge is 0.260 e. The summed E-state index contributed by atoms with van der Waals surface area (Å²) in [5.41, 5.74) is 13.0. The van der Waals surface area contributed by atoms with Gasteiger partial charge in [-0.2, -0.15) is 0 Å². The summed E-state index contributed by atoms with van der Waals surface area (Å²) in [7, 11) is 0. The molecular formula is C18H27ClN4O2S. The monoisotopic (exact) mass is 398 g/mol. The van der Waals surface area contributed by atoms with Crippen molar-refractivity contribution in [3.8, 4) is 0 Å². The number of aryl methyl sites for hydroxylation is 1. The second kappa shape index (κ2) is 7.58. The molecule has 1 unspecified atom stereocenters. The van der Waals surface area contributed by atoms with Crippen molar-refractivity contribution in [2.45, 2.75) is 46.1 Å². The number of amides is 1. The fourth-order valence-corrected chi connectivity index (χ4v) is 4.53. The number of carbonyl (C=O) groups is 1. The molecule has 3 rings (SSSR count). The molecule has 0 saturated carbocycles. The summed E-state index contributed by atoms with van der Waals surface area (Å²) in [6, 6.07) is 2.08. The summed E-state index contributed by atoms with van der Waals surface area (Å²) in [5.74, 6) is 0.375. The van der Waals surface area contributed by atoms with Crippen molar-refractivity contribution in [2.24, 2.45) is 11.1 Å². The van der Waals surface area contributed by atoms with Crippen molar-refractivity contribution in [3.63, 3.8) is 0 Å². The van der Waals surface area contributed by atoms with Gasteiger partial charge in [0.05, 0.1) is 11.8 Å². The van der Waals surface area contributed by atoms with Crippen LogP contribution in [0.25, 0.3) is 10.2 Å². The lowest BCUT2D eigenvalue weighted by molar-refractivity contribution is 0.0334. The summed E-state index contributed by atoms with van der Waals surface area (Å²) in [6.45, 7) is 7.76. The van der Waals surface area contributed by atoms with E-state index in [0.717, 1.165) is 53.9 Å². The first-order valence-electron chi connectivity index (χ1n) is 8.69. The number of anilines is 2. The molecule has 0 spiro atoms. The van der Waals surface area contributed by atoms with Crippen LogP contribution in [-0.4, -0.2) is 35.2 Å². The number of hydrogen-bond acceptors (Lipinski definition) is 6. The maximum absolute atomic E-state index is 11.7. The van der Waals surface area contributed by atoms with Gasteiger partial charge in [0.2, 0.25) is 0 Å². The van der Waals surface area contributed by atoms with Crippen LogP contribution in [0.1, 0.15) is 48.8 Å². The predicted octanol–water partition coefficient (Wildman–Crippen LogP) is 2.95. The van der Waals surface area contributed by atoms with Crippen molar-refractivity contribution in [3.05, 3.63) is 16.5 Å². The molecule has 0 aromatic carbocycles. The maximum atomic E-state index is 11.7. The summed E-state index contributed by atoms with van der Waals surface area (Å²) < 4.78 is 0. The molecule has 2 aromatic heterocycles. The largest absolute Gasteiger partial charge is 0.397 e. The van der Waals surface area contributed by atoms with Gasteiger partial charge in [0.15, 0.2) is 0 Å². The zero-order valence-corrected chi connectivity index (χ0v) is 17.0. The lowest BCUT2D eigenvalue weighted by Gasteiger charge is -2.42. The quantitative estimate of drug-likeness (QED) is 0.734. The van der Waals surface area contributed by atoms with Gasteiger partial charge in [-0.15, -0.1) is 23.7 Å². The third-order valence-electron chi connectivity index (χ3n) is 5.01. The average molecular weight is 399 g/mol. The van der Waals surface area contributed by atoms with Gasteiger partial charge in [-0.05, 0) is 24.5 Å². The van der Waals surface area contributed by atoms with Gasteiger partial charge in [0.25, 0.3) is 5.91 Å². The topological polar surface area (TPSA) is 105 Å². The molecule has 1 aliphatic heterocycles. The number of fused-ring (bicyclic) bond motifs is 1. The minimum absolute atomic E-state index is 0. The molecule has 6 nitrogen and oxygen atoms in total. The second-order valence-corrected chi connectivity index (χ2v) is 8.49. The fraction of sp³-hybridized carbons (Fsp3) is 0.556. The molecule has 1 aliphatic rings. The van der Waals surface area contributed by atoms with Crippen LogP contribution >= 0.6 is 23.7 Å². The molecule has 26 heavy (non-hydrogen) atoms. The third kappa shape index (κ3) is 3.61. The van der Waals surface area contributed by atoms with Crippen LogP contribution in [0, 0.1) is 5.41 Å². The minimum atomic E-state index is -0.508. The van der Waals surface area contributed by atoms with Gasteiger partial charge in [-0.25, -0.2) is 4.98 Å². The summed E-state index contributed by atoms with van der Waals surface area (Å²) >= 11 is 1.26. The highest BCUT2D eigenvalue weighted by atomic mass is 35.5. The number of pyridine rings is 1. The Kier molecular flexibility index (Phi) is 6.05. The number of aromatic nitrogens is 1. The Bertz CT molecular complexity index is 821. The average Bonchev–Trinajstić information content (AvgIpc) is 2.87. The first-order chi connectivity index (χ1) is 11.7. The molecule has 0 aliphatic carbocycles. The number of hydrogen-bond donors (Lipinski definition) is 3. The van der Waals surface area contributed by atoms with E-state index in [2.05, 4.69) is 31.7 Å². The van der Waals surface area contributed by atoms with Crippen LogP contribution in [0.3, 0.4) is 0 Å². The number of nitrogens with zero attached hydrogens (tertiary/aromatic N) is 2. The van der Waals surface area contributed by atoms with E-state index < -0.39 is 5.91 Å². The highest BCUT2D eigenvalue weighted by molar-refractivity contribution is 7.21. The first-order valence-corrected chi connectivity index (χ1v) is 9.51. The summed E-state index contributed by atoms with van der Waals surface area (Å²) in [4.78, 5) is 19.8. The van der Waals surface area contributed by atoms with E-state index in [9.17, 15) is 9.90 Å². The molecule has 1 fully saturated rings. The lowest BCUT2D eigenvalue weighted by atomic mass is 9.81. The van der Waals surface area contributed by atoms with Crippen molar-refractivity contribution >= 4 is 51.4 Å². The van der Waals surface area contributed by atoms with Crippen molar-refractivity contribution < 1.29 is 9.90 Å². The third-order valence-corrected chi connectivity index (χ3v) is 6.12. The van der Waals surface area contributed by atoms with Crippen LogP contribution in [0.4, 0.5) is 11.5 Å². The number of carbonyl (C=O) groups excluding carboxylic acids is 1. The standard InChI is InChI=1S/C18H26N4O2S.ClH/c1-4-5-10-8-12(22-7-6-11(23)18(2,3)9-22)21-17-13(10)14(19)15(25-17)16(20)24;/h8,11,23H,4-7,9,19H2,1-3H3,(H2,20,24);1H. The highest BCUT2D eigenvalue weighted by Crippen LogP contribution is 2.38. The van der Waals surface area contributed by atoms with Gasteiger partial charge < -0.3 is 21.5 Å². The van der Waals surface area contributed by atoms with E-state index in [1.165, 1.54) is 11.3 Å².